The average Bonchev–Trinajstić information content (AvgIpc) is 3.04. The number of Topliss-reactive ketones (excluding diaryl/α,β-unsaturated/α-hetero) is 1. The fraction of sp³-hybridized carbons (Fsp3) is 0.273. The van der Waals surface area contributed by atoms with Crippen LogP contribution in [0, 0.1) is 0 Å². The average molecular weight is 446 g/mol. The SMILES string of the molecule is COC(=O)C1=C(C(=O)c2ccc(Cl)cc2)C2CSC(CS1)N2Cc1ccccc1. The van der Waals surface area contributed by atoms with E-state index in [2.05, 4.69) is 17.0 Å². The van der Waals surface area contributed by atoms with Crippen LogP contribution in [-0.2, 0) is 16.1 Å². The lowest BCUT2D eigenvalue weighted by Crippen LogP contribution is -2.39. The van der Waals surface area contributed by atoms with Gasteiger partial charge in [0.15, 0.2) is 5.78 Å². The van der Waals surface area contributed by atoms with Crippen LogP contribution in [-0.4, -0.2) is 46.7 Å². The number of ketones is 1. The predicted octanol–water partition coefficient (Wildman–Crippen LogP) is 4.64. The normalized spacial score (nSPS) is 21.7. The number of ether oxygens (including phenoxy) is 1. The van der Waals surface area contributed by atoms with E-state index in [1.165, 1.54) is 24.4 Å². The molecule has 0 aliphatic carbocycles. The highest BCUT2D eigenvalue weighted by Crippen LogP contribution is 2.43. The van der Waals surface area contributed by atoms with E-state index in [0.29, 0.717) is 21.1 Å². The van der Waals surface area contributed by atoms with Gasteiger partial charge in [-0.3, -0.25) is 9.69 Å². The lowest BCUT2D eigenvalue weighted by atomic mass is 9.96. The zero-order chi connectivity index (χ0) is 20.4. The van der Waals surface area contributed by atoms with Gasteiger partial charge >= 0.3 is 5.97 Å². The Balaban J connectivity index is 1.75. The van der Waals surface area contributed by atoms with Gasteiger partial charge in [0.25, 0.3) is 0 Å². The molecule has 1 fully saturated rings. The maximum atomic E-state index is 13.5. The minimum atomic E-state index is -0.440. The summed E-state index contributed by atoms with van der Waals surface area (Å²) in [5, 5.41) is 0.807. The molecule has 2 aromatic carbocycles. The Labute approximate surface area is 183 Å². The molecule has 2 atom stereocenters. The molecule has 0 amide bonds. The molecule has 4 nitrogen and oxygen atoms in total. The number of fused-ring (bicyclic) bond motifs is 2. The van der Waals surface area contributed by atoms with E-state index in [1.54, 1.807) is 24.3 Å². The Morgan fingerprint density at radius 2 is 1.83 bits per heavy atom. The number of benzene rings is 2. The second-order valence-corrected chi connectivity index (χ2v) is 9.52. The minimum absolute atomic E-state index is 0.138. The lowest BCUT2D eigenvalue weighted by molar-refractivity contribution is -0.135. The van der Waals surface area contributed by atoms with Crippen molar-refractivity contribution >= 4 is 46.9 Å². The summed E-state index contributed by atoms with van der Waals surface area (Å²) in [5.74, 6) is 0.925. The molecule has 0 spiro atoms. The van der Waals surface area contributed by atoms with Gasteiger partial charge in [-0.1, -0.05) is 41.9 Å². The molecular weight excluding hydrogens is 426 g/mol. The third-order valence-electron chi connectivity index (χ3n) is 5.09. The molecule has 0 N–H and O–H groups in total. The Morgan fingerprint density at radius 1 is 1.10 bits per heavy atom. The Hall–Kier alpha value is -1.73. The van der Waals surface area contributed by atoms with Gasteiger partial charge in [-0.05, 0) is 29.8 Å². The van der Waals surface area contributed by atoms with Crippen LogP contribution >= 0.6 is 35.1 Å². The van der Waals surface area contributed by atoms with Gasteiger partial charge in [0.1, 0.15) is 4.91 Å². The van der Waals surface area contributed by atoms with E-state index >= 15 is 0 Å². The molecular formula is C22H20ClNO3S2. The number of carbonyl (C=O) groups excluding carboxylic acids is 2. The molecule has 2 aromatic rings. The zero-order valence-corrected chi connectivity index (χ0v) is 18.2. The summed E-state index contributed by atoms with van der Waals surface area (Å²) in [6, 6.07) is 16.9. The van der Waals surface area contributed by atoms with Gasteiger partial charge in [-0.15, -0.1) is 23.5 Å². The highest BCUT2D eigenvalue weighted by molar-refractivity contribution is 8.06. The van der Waals surface area contributed by atoms with Crippen molar-refractivity contribution in [3.05, 3.63) is 81.2 Å². The quantitative estimate of drug-likeness (QED) is 0.493. The van der Waals surface area contributed by atoms with E-state index in [0.717, 1.165) is 18.1 Å². The molecule has 4 rings (SSSR count). The number of hydrogen-bond donors (Lipinski definition) is 0. The first-order valence-electron chi connectivity index (χ1n) is 9.25. The largest absolute Gasteiger partial charge is 0.465 e. The number of methoxy groups -OCH3 is 1. The molecule has 2 unspecified atom stereocenters. The summed E-state index contributed by atoms with van der Waals surface area (Å²) in [6.45, 7) is 0.732. The summed E-state index contributed by atoms with van der Waals surface area (Å²) < 4.78 is 5.03. The fourth-order valence-electron chi connectivity index (χ4n) is 3.65. The topological polar surface area (TPSA) is 46.6 Å². The number of esters is 1. The molecule has 2 aliphatic heterocycles. The number of thioether (sulfide) groups is 2. The standard InChI is InChI=1S/C22H20ClNO3S2/c1-27-22(26)21-19(20(25)15-7-9-16(23)10-8-15)17-12-28-18(13-29-21)24(17)11-14-5-3-2-4-6-14/h2-10,17-18H,11-13H2,1H3. The van der Waals surface area contributed by atoms with Gasteiger partial charge in [0, 0.05) is 34.2 Å². The molecule has 29 heavy (non-hydrogen) atoms. The van der Waals surface area contributed by atoms with E-state index in [4.69, 9.17) is 16.3 Å². The maximum Gasteiger partial charge on any atom is 0.344 e. The number of hydrogen-bond acceptors (Lipinski definition) is 6. The van der Waals surface area contributed by atoms with Crippen LogP contribution in [0.1, 0.15) is 15.9 Å². The van der Waals surface area contributed by atoms with Crippen molar-refractivity contribution in [2.24, 2.45) is 0 Å². The Kier molecular flexibility index (Phi) is 6.35. The Bertz CT molecular complexity index is 946. The van der Waals surface area contributed by atoms with Crippen molar-refractivity contribution in [2.75, 3.05) is 18.6 Å². The van der Waals surface area contributed by atoms with Crippen LogP contribution < -0.4 is 0 Å². The van der Waals surface area contributed by atoms with Gasteiger partial charge in [-0.25, -0.2) is 4.79 Å². The lowest BCUT2D eigenvalue weighted by Gasteiger charge is -2.28. The van der Waals surface area contributed by atoms with Gasteiger partial charge in [-0.2, -0.15) is 0 Å². The van der Waals surface area contributed by atoms with Crippen LogP contribution in [0.5, 0.6) is 0 Å². The summed E-state index contributed by atoms with van der Waals surface area (Å²) in [5.41, 5.74) is 2.25. The van der Waals surface area contributed by atoms with Gasteiger partial charge in [0.05, 0.1) is 18.5 Å². The fourth-order valence-corrected chi connectivity index (χ4v) is 6.63. The molecule has 2 aliphatic rings. The molecule has 7 heteroatoms. The number of nitrogens with zero attached hydrogens (tertiary/aromatic N) is 1. The zero-order valence-electron chi connectivity index (χ0n) is 15.8. The van der Waals surface area contributed by atoms with Crippen molar-refractivity contribution < 1.29 is 14.3 Å². The second kappa shape index (κ2) is 8.96. The van der Waals surface area contributed by atoms with Crippen molar-refractivity contribution in [1.82, 2.24) is 4.90 Å². The Morgan fingerprint density at radius 3 is 2.52 bits per heavy atom. The predicted molar refractivity (Wildman–Crippen MR) is 119 cm³/mol. The van der Waals surface area contributed by atoms with E-state index < -0.39 is 5.97 Å². The maximum absolute atomic E-state index is 13.5. The van der Waals surface area contributed by atoms with Crippen LogP contribution in [0.3, 0.4) is 0 Å². The van der Waals surface area contributed by atoms with Gasteiger partial charge in [0.2, 0.25) is 0 Å². The third-order valence-corrected chi connectivity index (χ3v) is 8.05. The van der Waals surface area contributed by atoms with Crippen molar-refractivity contribution in [3.63, 3.8) is 0 Å². The van der Waals surface area contributed by atoms with Crippen LogP contribution in [0.4, 0.5) is 0 Å². The van der Waals surface area contributed by atoms with E-state index in [9.17, 15) is 9.59 Å². The minimum Gasteiger partial charge on any atom is -0.465 e. The number of rotatable bonds is 5. The van der Waals surface area contributed by atoms with Crippen LogP contribution in [0.25, 0.3) is 0 Å². The van der Waals surface area contributed by atoms with Crippen LogP contribution in [0.15, 0.2) is 65.1 Å². The van der Waals surface area contributed by atoms with Crippen LogP contribution in [0.2, 0.25) is 5.02 Å². The first-order chi connectivity index (χ1) is 14.1. The third kappa shape index (κ3) is 4.26. The van der Waals surface area contributed by atoms with E-state index in [-0.39, 0.29) is 17.2 Å². The van der Waals surface area contributed by atoms with Crippen molar-refractivity contribution in [1.29, 1.82) is 0 Å². The smallest absolute Gasteiger partial charge is 0.344 e. The molecule has 150 valence electrons. The summed E-state index contributed by atoms with van der Waals surface area (Å²) >= 11 is 9.26. The van der Waals surface area contributed by atoms with Crippen molar-refractivity contribution in [3.8, 4) is 0 Å². The molecule has 1 saturated heterocycles. The number of halogens is 1. The first kappa shape index (κ1) is 20.5. The van der Waals surface area contributed by atoms with Gasteiger partial charge < -0.3 is 4.74 Å². The first-order valence-corrected chi connectivity index (χ1v) is 11.7. The molecule has 0 aromatic heterocycles. The second-order valence-electron chi connectivity index (χ2n) is 6.84. The molecule has 2 heterocycles. The summed E-state index contributed by atoms with van der Waals surface area (Å²) in [4.78, 5) is 28.9. The number of carbonyl (C=O) groups is 2. The summed E-state index contributed by atoms with van der Waals surface area (Å²) in [6.07, 6.45) is 0. The summed E-state index contributed by atoms with van der Waals surface area (Å²) in [7, 11) is 1.36. The van der Waals surface area contributed by atoms with Crippen molar-refractivity contribution in [2.45, 2.75) is 18.0 Å². The van der Waals surface area contributed by atoms with E-state index in [1.807, 2.05) is 30.0 Å². The molecule has 0 radical (unpaired) electrons. The highest BCUT2D eigenvalue weighted by Gasteiger charge is 2.44. The molecule has 0 saturated carbocycles. The highest BCUT2D eigenvalue weighted by atomic mass is 35.5. The molecule has 2 bridgehead atoms. The monoisotopic (exact) mass is 445 g/mol.